The summed E-state index contributed by atoms with van der Waals surface area (Å²) in [5.41, 5.74) is 10.4. The molecule has 3 aliphatic heterocycles. The van der Waals surface area contributed by atoms with Crippen molar-refractivity contribution in [3.8, 4) is 11.1 Å². The molecule has 2 saturated heterocycles. The minimum atomic E-state index is 0.0647. The lowest BCUT2D eigenvalue weighted by atomic mass is 9.95. The van der Waals surface area contributed by atoms with Crippen LogP contribution >= 0.6 is 11.6 Å². The maximum Gasteiger partial charge on any atom is 0.256 e. The average molecular weight is 395 g/mol. The number of aromatic nitrogens is 1. The number of nitrogens with one attached hydrogen (secondary N) is 1. The van der Waals surface area contributed by atoms with Crippen LogP contribution in [0.4, 0.5) is 11.5 Å². The number of nitrogen functional groups attached to an aromatic ring is 1. The Morgan fingerprint density at radius 3 is 2.61 bits per heavy atom. The van der Waals surface area contributed by atoms with Gasteiger partial charge in [0.2, 0.25) is 0 Å². The van der Waals surface area contributed by atoms with Crippen LogP contribution in [-0.2, 0) is 5.41 Å². The first-order valence-electron chi connectivity index (χ1n) is 10.2. The number of fused-ring (bicyclic) bond motifs is 4. The molecule has 1 amide bonds. The molecular weight excluding hydrogens is 372 g/mol. The number of carbonyl (C=O) groups is 1. The van der Waals surface area contributed by atoms with Crippen molar-refractivity contribution >= 4 is 29.0 Å². The molecule has 5 nitrogen and oxygen atoms in total. The molecular formula is C22H23ClN4O. The van der Waals surface area contributed by atoms with E-state index in [1.807, 2.05) is 24.4 Å². The monoisotopic (exact) mass is 394 g/mol. The molecule has 6 rings (SSSR count). The molecule has 2 aromatic rings. The van der Waals surface area contributed by atoms with Crippen LogP contribution in [0.25, 0.3) is 11.1 Å². The fourth-order valence-corrected chi connectivity index (χ4v) is 5.97. The average Bonchev–Trinajstić information content (AvgIpc) is 3.04. The number of hydrogen-bond donors (Lipinski definition) is 2. The number of nitrogens with zero attached hydrogens (tertiary/aromatic N) is 2. The van der Waals surface area contributed by atoms with Gasteiger partial charge < -0.3 is 16.0 Å². The lowest BCUT2D eigenvalue weighted by Gasteiger charge is -2.23. The summed E-state index contributed by atoms with van der Waals surface area (Å²) in [4.78, 5) is 20.0. The number of halogens is 1. The maximum atomic E-state index is 13.3. The molecule has 0 unspecified atom stereocenters. The summed E-state index contributed by atoms with van der Waals surface area (Å²) in [5, 5.41) is 4.15. The van der Waals surface area contributed by atoms with Crippen LogP contribution in [0, 0.1) is 0 Å². The molecule has 4 aliphatic rings. The van der Waals surface area contributed by atoms with Gasteiger partial charge in [0.15, 0.2) is 0 Å². The van der Waals surface area contributed by atoms with Gasteiger partial charge in [0.25, 0.3) is 5.91 Å². The summed E-state index contributed by atoms with van der Waals surface area (Å²) in [5.74, 6) is 0.974. The smallest absolute Gasteiger partial charge is 0.256 e. The van der Waals surface area contributed by atoms with Gasteiger partial charge in [0.05, 0.1) is 10.6 Å². The minimum absolute atomic E-state index is 0.0647. The van der Waals surface area contributed by atoms with Gasteiger partial charge in [-0.25, -0.2) is 4.98 Å². The summed E-state index contributed by atoms with van der Waals surface area (Å²) < 4.78 is 0. The summed E-state index contributed by atoms with van der Waals surface area (Å²) in [6.07, 6.45) is 8.59. The third-order valence-electron chi connectivity index (χ3n) is 7.28. The fraction of sp³-hybridized carbons (Fsp3) is 0.455. The van der Waals surface area contributed by atoms with Crippen molar-refractivity contribution in [3.05, 3.63) is 40.5 Å². The van der Waals surface area contributed by atoms with Gasteiger partial charge in [0.1, 0.15) is 5.82 Å². The molecule has 1 saturated carbocycles. The van der Waals surface area contributed by atoms with E-state index in [0.717, 1.165) is 72.6 Å². The van der Waals surface area contributed by atoms with Gasteiger partial charge in [-0.1, -0.05) is 17.7 Å². The first-order valence-corrected chi connectivity index (χ1v) is 10.6. The zero-order chi connectivity index (χ0) is 19.0. The molecule has 0 radical (unpaired) electrons. The molecule has 1 aromatic carbocycles. The Morgan fingerprint density at radius 2 is 1.93 bits per heavy atom. The van der Waals surface area contributed by atoms with Crippen LogP contribution in [0.1, 0.15) is 54.4 Å². The Morgan fingerprint density at radius 1 is 1.21 bits per heavy atom. The number of benzene rings is 1. The number of pyridine rings is 1. The molecule has 6 heteroatoms. The number of hydrogen-bond acceptors (Lipinski definition) is 4. The molecule has 1 spiro atoms. The van der Waals surface area contributed by atoms with Gasteiger partial charge >= 0.3 is 0 Å². The third-order valence-corrected chi connectivity index (χ3v) is 7.67. The Bertz CT molecular complexity index is 996. The molecule has 3 N–H and O–H groups in total. The SMILES string of the molecule is Nc1ccc(-c2cnc3c(c2Cl)C2(CC2)CN3)cc1C(=O)N1C2CCC1CC2. The van der Waals surface area contributed by atoms with Crippen LogP contribution in [0.5, 0.6) is 0 Å². The fourth-order valence-electron chi connectivity index (χ4n) is 5.52. The van der Waals surface area contributed by atoms with Crippen molar-refractivity contribution in [2.24, 2.45) is 0 Å². The molecule has 144 valence electrons. The van der Waals surface area contributed by atoms with Crippen LogP contribution in [0.3, 0.4) is 0 Å². The van der Waals surface area contributed by atoms with E-state index >= 15 is 0 Å². The van der Waals surface area contributed by atoms with Crippen molar-refractivity contribution in [1.82, 2.24) is 9.88 Å². The first kappa shape index (κ1) is 16.7. The topological polar surface area (TPSA) is 71.2 Å². The van der Waals surface area contributed by atoms with E-state index in [2.05, 4.69) is 15.2 Å². The highest BCUT2D eigenvalue weighted by atomic mass is 35.5. The molecule has 1 aliphatic carbocycles. The van der Waals surface area contributed by atoms with E-state index in [1.54, 1.807) is 0 Å². The van der Waals surface area contributed by atoms with Crippen molar-refractivity contribution < 1.29 is 4.79 Å². The Hall–Kier alpha value is -2.27. The van der Waals surface area contributed by atoms with Crippen LogP contribution in [-0.4, -0.2) is 34.4 Å². The van der Waals surface area contributed by atoms with Crippen molar-refractivity contribution in [3.63, 3.8) is 0 Å². The molecule has 2 bridgehead atoms. The highest BCUT2D eigenvalue weighted by Gasteiger charge is 2.51. The minimum Gasteiger partial charge on any atom is -0.398 e. The van der Waals surface area contributed by atoms with E-state index in [4.69, 9.17) is 17.3 Å². The molecule has 0 atom stereocenters. The predicted octanol–water partition coefficient (Wildman–Crippen LogP) is 4.21. The predicted molar refractivity (Wildman–Crippen MR) is 111 cm³/mol. The second-order valence-corrected chi connectivity index (χ2v) is 9.20. The second-order valence-electron chi connectivity index (χ2n) is 8.82. The Labute approximate surface area is 169 Å². The first-order chi connectivity index (χ1) is 13.6. The normalized spacial score (nSPS) is 25.8. The standard InChI is InChI=1S/C22H23ClN4O/c23-19-16(10-25-20-18(19)22(7-8-22)11-26-20)12-1-6-17(24)15(9-12)21(28)27-13-2-3-14(27)5-4-13/h1,6,9-10,13-14H,2-5,7-8,11,24H2,(H,25,26). The third kappa shape index (κ3) is 2.20. The van der Waals surface area contributed by atoms with Crippen molar-refractivity contribution in [2.45, 2.75) is 56.0 Å². The second kappa shape index (κ2) is 5.63. The summed E-state index contributed by atoms with van der Waals surface area (Å²) >= 11 is 6.86. The van der Waals surface area contributed by atoms with Gasteiger partial charge in [-0.3, -0.25) is 4.79 Å². The quantitative estimate of drug-likeness (QED) is 0.748. The van der Waals surface area contributed by atoms with Crippen molar-refractivity contribution in [2.75, 3.05) is 17.6 Å². The van der Waals surface area contributed by atoms with E-state index in [0.29, 0.717) is 23.3 Å². The lowest BCUT2D eigenvalue weighted by Crippen LogP contribution is -2.35. The lowest BCUT2D eigenvalue weighted by molar-refractivity contribution is 0.0731. The zero-order valence-corrected chi connectivity index (χ0v) is 16.4. The van der Waals surface area contributed by atoms with Gasteiger partial charge in [-0.15, -0.1) is 0 Å². The largest absolute Gasteiger partial charge is 0.398 e. The number of rotatable bonds is 2. The van der Waals surface area contributed by atoms with Gasteiger partial charge in [0, 0.05) is 47.1 Å². The Kier molecular flexibility index (Phi) is 3.35. The highest BCUT2D eigenvalue weighted by molar-refractivity contribution is 6.34. The molecule has 3 fully saturated rings. The van der Waals surface area contributed by atoms with Gasteiger partial charge in [-0.05, 0) is 56.2 Å². The van der Waals surface area contributed by atoms with E-state index in [9.17, 15) is 4.79 Å². The number of nitrogens with two attached hydrogens (primary N) is 1. The molecule has 28 heavy (non-hydrogen) atoms. The Balaban J connectivity index is 1.42. The number of carbonyl (C=O) groups excluding carboxylic acids is 1. The van der Waals surface area contributed by atoms with E-state index in [1.165, 1.54) is 0 Å². The zero-order valence-electron chi connectivity index (χ0n) is 15.7. The number of anilines is 2. The van der Waals surface area contributed by atoms with E-state index in [-0.39, 0.29) is 11.3 Å². The van der Waals surface area contributed by atoms with Gasteiger partial charge in [-0.2, -0.15) is 0 Å². The van der Waals surface area contributed by atoms with Crippen molar-refractivity contribution in [1.29, 1.82) is 0 Å². The van der Waals surface area contributed by atoms with Crippen LogP contribution in [0.15, 0.2) is 24.4 Å². The van der Waals surface area contributed by atoms with Crippen LogP contribution in [0.2, 0.25) is 5.02 Å². The summed E-state index contributed by atoms with van der Waals surface area (Å²) in [7, 11) is 0. The highest BCUT2D eigenvalue weighted by Crippen LogP contribution is 2.57. The number of amides is 1. The molecule has 4 heterocycles. The van der Waals surface area contributed by atoms with E-state index < -0.39 is 0 Å². The summed E-state index contributed by atoms with van der Waals surface area (Å²) in [6, 6.07) is 6.45. The van der Waals surface area contributed by atoms with Crippen LogP contribution < -0.4 is 11.1 Å². The summed E-state index contributed by atoms with van der Waals surface area (Å²) in [6.45, 7) is 0.918. The maximum absolute atomic E-state index is 13.3. The molecule has 1 aromatic heterocycles.